The summed E-state index contributed by atoms with van der Waals surface area (Å²) < 4.78 is 25.2. The molecule has 0 saturated carbocycles. The minimum Gasteiger partial charge on any atom is -0.486 e. The lowest BCUT2D eigenvalue weighted by molar-refractivity contribution is -0.134. The van der Waals surface area contributed by atoms with E-state index in [4.69, 9.17) is 9.47 Å². The van der Waals surface area contributed by atoms with Crippen molar-refractivity contribution in [3.05, 3.63) is 81.1 Å². The molecule has 1 aliphatic rings. The quantitative estimate of drug-likeness (QED) is 0.386. The van der Waals surface area contributed by atoms with Crippen LogP contribution in [0.15, 0.2) is 47.8 Å². The first-order chi connectivity index (χ1) is 17.9. The molecule has 0 fully saturated rings. The second kappa shape index (κ2) is 12.3. The van der Waals surface area contributed by atoms with Gasteiger partial charge in [-0.15, -0.1) is 11.3 Å². The monoisotopic (exact) mass is 525 g/mol. The van der Waals surface area contributed by atoms with Crippen LogP contribution < -0.4 is 10.1 Å². The standard InChI is InChI=1S/C28H32FN3O4S/c1-18(2)13-26(33)32-11-9-19-7-8-22(15-23(19)27(32)20-5-4-6-21(29)14-20)36-16-25-31-24(17-37-25)28(34)30-10-12-35-3/h4-8,14-15,17-18,27H,9-13,16H2,1-3H3,(H,30,34). The van der Waals surface area contributed by atoms with Crippen LogP contribution in [0.25, 0.3) is 0 Å². The van der Waals surface area contributed by atoms with E-state index in [-0.39, 0.29) is 30.2 Å². The zero-order valence-electron chi connectivity index (χ0n) is 21.3. The number of rotatable bonds is 10. The summed E-state index contributed by atoms with van der Waals surface area (Å²) in [6, 6.07) is 11.9. The van der Waals surface area contributed by atoms with Crippen molar-refractivity contribution >= 4 is 23.2 Å². The van der Waals surface area contributed by atoms with Gasteiger partial charge in [-0.1, -0.05) is 32.0 Å². The number of benzene rings is 2. The first-order valence-electron chi connectivity index (χ1n) is 12.4. The van der Waals surface area contributed by atoms with Crippen LogP contribution in [0.3, 0.4) is 0 Å². The van der Waals surface area contributed by atoms with Gasteiger partial charge in [-0.2, -0.15) is 0 Å². The van der Waals surface area contributed by atoms with Crippen LogP contribution in [-0.2, 0) is 22.6 Å². The van der Waals surface area contributed by atoms with Gasteiger partial charge < -0.3 is 19.7 Å². The fourth-order valence-electron chi connectivity index (χ4n) is 4.44. The molecule has 0 aliphatic carbocycles. The minimum absolute atomic E-state index is 0.0559. The van der Waals surface area contributed by atoms with Crippen LogP contribution in [-0.4, -0.2) is 48.5 Å². The van der Waals surface area contributed by atoms with E-state index in [1.54, 1.807) is 18.6 Å². The summed E-state index contributed by atoms with van der Waals surface area (Å²) in [5.41, 5.74) is 3.12. The number of carbonyl (C=O) groups is 2. The number of hydrogen-bond donors (Lipinski definition) is 1. The van der Waals surface area contributed by atoms with Crippen molar-refractivity contribution in [2.45, 2.75) is 39.3 Å². The maximum Gasteiger partial charge on any atom is 0.270 e. The first-order valence-corrected chi connectivity index (χ1v) is 13.3. The van der Waals surface area contributed by atoms with E-state index < -0.39 is 6.04 Å². The largest absolute Gasteiger partial charge is 0.486 e. The van der Waals surface area contributed by atoms with Crippen LogP contribution >= 0.6 is 11.3 Å². The Morgan fingerprint density at radius 2 is 2.08 bits per heavy atom. The lowest BCUT2D eigenvalue weighted by Crippen LogP contribution is -2.41. The highest BCUT2D eigenvalue weighted by atomic mass is 32.1. The highest BCUT2D eigenvalue weighted by Gasteiger charge is 2.32. The number of nitrogens with zero attached hydrogens (tertiary/aromatic N) is 2. The summed E-state index contributed by atoms with van der Waals surface area (Å²) in [4.78, 5) is 31.6. The van der Waals surface area contributed by atoms with Crippen LogP contribution in [0, 0.1) is 11.7 Å². The van der Waals surface area contributed by atoms with Gasteiger partial charge in [0.15, 0.2) is 0 Å². The fourth-order valence-corrected chi connectivity index (χ4v) is 5.12. The predicted molar refractivity (Wildman–Crippen MR) is 140 cm³/mol. The third kappa shape index (κ3) is 6.72. The SMILES string of the molecule is COCCNC(=O)c1csc(COc2ccc3c(c2)C(c2cccc(F)c2)N(C(=O)CC(C)C)CC3)n1. The van der Waals surface area contributed by atoms with Crippen LogP contribution in [0.2, 0.25) is 0 Å². The Bertz CT molecular complexity index is 1250. The number of ether oxygens (including phenoxy) is 2. The molecule has 1 atom stereocenters. The van der Waals surface area contributed by atoms with Gasteiger partial charge in [-0.3, -0.25) is 9.59 Å². The molecular formula is C28H32FN3O4S. The van der Waals surface area contributed by atoms with Gasteiger partial charge in [0, 0.05) is 32.0 Å². The van der Waals surface area contributed by atoms with Crippen LogP contribution in [0.1, 0.15) is 58.5 Å². The van der Waals surface area contributed by atoms with Crippen molar-refractivity contribution in [1.29, 1.82) is 0 Å². The predicted octanol–water partition coefficient (Wildman–Crippen LogP) is 4.76. The summed E-state index contributed by atoms with van der Waals surface area (Å²) in [5, 5.41) is 5.12. The van der Waals surface area contributed by atoms with E-state index in [2.05, 4.69) is 10.3 Å². The topological polar surface area (TPSA) is 80.8 Å². The second-order valence-corrected chi connectivity index (χ2v) is 10.4. The average molecular weight is 526 g/mol. The van der Waals surface area contributed by atoms with E-state index in [1.807, 2.05) is 43.0 Å². The Kier molecular flexibility index (Phi) is 8.89. The third-order valence-electron chi connectivity index (χ3n) is 6.15. The van der Waals surface area contributed by atoms with Gasteiger partial charge in [-0.05, 0) is 53.3 Å². The van der Waals surface area contributed by atoms with Gasteiger partial charge in [0.1, 0.15) is 28.9 Å². The number of nitrogens with one attached hydrogen (secondary N) is 1. The molecule has 1 aliphatic heterocycles. The van der Waals surface area contributed by atoms with E-state index in [0.29, 0.717) is 42.6 Å². The molecule has 1 aromatic heterocycles. The maximum absolute atomic E-state index is 14.2. The minimum atomic E-state index is -0.392. The fraction of sp³-hybridized carbons (Fsp3) is 0.393. The normalized spacial score (nSPS) is 14.9. The summed E-state index contributed by atoms with van der Waals surface area (Å²) >= 11 is 1.35. The molecule has 2 aromatic carbocycles. The molecule has 1 N–H and O–H groups in total. The van der Waals surface area contributed by atoms with Gasteiger partial charge in [0.25, 0.3) is 5.91 Å². The zero-order chi connectivity index (χ0) is 26.4. The van der Waals surface area contributed by atoms with Crippen molar-refractivity contribution < 1.29 is 23.5 Å². The molecule has 2 heterocycles. The summed E-state index contributed by atoms with van der Waals surface area (Å²) in [6.45, 7) is 5.67. The Morgan fingerprint density at radius 3 is 2.84 bits per heavy atom. The summed E-state index contributed by atoms with van der Waals surface area (Å²) in [5.74, 6) is 0.318. The highest BCUT2D eigenvalue weighted by molar-refractivity contribution is 7.09. The lowest BCUT2D eigenvalue weighted by atomic mass is 9.87. The molecule has 0 saturated heterocycles. The molecule has 7 nitrogen and oxygen atoms in total. The van der Waals surface area contributed by atoms with Crippen molar-refractivity contribution in [1.82, 2.24) is 15.2 Å². The molecule has 4 rings (SSSR count). The molecule has 1 unspecified atom stereocenters. The molecule has 9 heteroatoms. The number of methoxy groups -OCH3 is 1. The highest BCUT2D eigenvalue weighted by Crippen LogP contribution is 2.38. The Hall–Kier alpha value is -3.30. The number of halogens is 1. The Balaban J connectivity index is 1.54. The van der Waals surface area contributed by atoms with Gasteiger partial charge in [-0.25, -0.2) is 9.37 Å². The van der Waals surface area contributed by atoms with Gasteiger partial charge >= 0.3 is 0 Å². The number of carbonyl (C=O) groups excluding carboxylic acids is 2. The summed E-state index contributed by atoms with van der Waals surface area (Å²) in [7, 11) is 1.58. The Labute approximate surface area is 220 Å². The van der Waals surface area contributed by atoms with E-state index in [1.165, 1.54) is 23.5 Å². The van der Waals surface area contributed by atoms with Gasteiger partial charge in [0.2, 0.25) is 5.91 Å². The Morgan fingerprint density at radius 1 is 1.24 bits per heavy atom. The molecular weight excluding hydrogens is 493 g/mol. The van der Waals surface area contributed by atoms with E-state index in [9.17, 15) is 14.0 Å². The van der Waals surface area contributed by atoms with Crippen molar-refractivity contribution in [3.8, 4) is 5.75 Å². The number of hydrogen-bond acceptors (Lipinski definition) is 6. The number of aromatic nitrogens is 1. The van der Waals surface area contributed by atoms with Crippen molar-refractivity contribution in [3.63, 3.8) is 0 Å². The molecule has 0 bridgehead atoms. The molecule has 0 spiro atoms. The van der Waals surface area contributed by atoms with Crippen LogP contribution in [0.5, 0.6) is 5.75 Å². The smallest absolute Gasteiger partial charge is 0.270 e. The second-order valence-electron chi connectivity index (χ2n) is 9.42. The van der Waals surface area contributed by atoms with Crippen molar-refractivity contribution in [2.24, 2.45) is 5.92 Å². The first kappa shape index (κ1) is 26.8. The summed E-state index contributed by atoms with van der Waals surface area (Å²) in [6.07, 6.45) is 1.15. The molecule has 3 aromatic rings. The third-order valence-corrected chi connectivity index (χ3v) is 6.97. The number of thiazole rings is 1. The zero-order valence-corrected chi connectivity index (χ0v) is 22.1. The molecule has 37 heavy (non-hydrogen) atoms. The molecule has 196 valence electrons. The van der Waals surface area contributed by atoms with Gasteiger partial charge in [0.05, 0.1) is 12.6 Å². The molecule has 0 radical (unpaired) electrons. The van der Waals surface area contributed by atoms with E-state index in [0.717, 1.165) is 23.1 Å². The maximum atomic E-state index is 14.2. The number of amides is 2. The number of fused-ring (bicyclic) bond motifs is 1. The molecule has 2 amide bonds. The van der Waals surface area contributed by atoms with E-state index >= 15 is 0 Å². The van der Waals surface area contributed by atoms with Crippen LogP contribution in [0.4, 0.5) is 4.39 Å². The lowest BCUT2D eigenvalue weighted by Gasteiger charge is -2.38. The average Bonchev–Trinajstić information content (AvgIpc) is 3.35. The van der Waals surface area contributed by atoms with Crippen molar-refractivity contribution in [2.75, 3.05) is 26.8 Å².